The molecule has 4 nitrogen and oxygen atoms in total. The fourth-order valence-electron chi connectivity index (χ4n) is 5.27. The van der Waals surface area contributed by atoms with Crippen molar-refractivity contribution in [2.45, 2.75) is 50.1 Å². The Morgan fingerprint density at radius 3 is 2.52 bits per heavy atom. The predicted octanol–water partition coefficient (Wildman–Crippen LogP) is 5.98. The average Bonchev–Trinajstić information content (AvgIpc) is 3.55. The van der Waals surface area contributed by atoms with Crippen LogP contribution in [-0.2, 0) is 11.2 Å². The molecule has 2 aromatic carbocycles. The Bertz CT molecular complexity index is 1120. The molecule has 170 valence electrons. The van der Waals surface area contributed by atoms with Crippen LogP contribution in [0.4, 0.5) is 0 Å². The lowest BCUT2D eigenvalue weighted by Crippen LogP contribution is -2.50. The van der Waals surface area contributed by atoms with E-state index in [-0.39, 0.29) is 23.9 Å². The zero-order chi connectivity index (χ0) is 22.8. The number of thiophene rings is 1. The smallest absolute Gasteiger partial charge is 0.254 e. The number of amides is 2. The second kappa shape index (κ2) is 9.70. The number of rotatable bonds is 6. The van der Waals surface area contributed by atoms with Gasteiger partial charge >= 0.3 is 0 Å². The maximum absolute atomic E-state index is 13.7. The zero-order valence-electron chi connectivity index (χ0n) is 18.4. The Hall–Kier alpha value is -2.63. The molecule has 0 unspecified atom stereocenters. The van der Waals surface area contributed by atoms with Crippen molar-refractivity contribution in [2.24, 2.45) is 0 Å². The van der Waals surface area contributed by atoms with Crippen LogP contribution in [0.5, 0.6) is 0 Å². The van der Waals surface area contributed by atoms with E-state index in [9.17, 15) is 9.59 Å². The first-order valence-electron chi connectivity index (χ1n) is 11.6. The van der Waals surface area contributed by atoms with Crippen molar-refractivity contribution in [3.05, 3.63) is 92.6 Å². The fourth-order valence-corrected chi connectivity index (χ4v) is 6.26. The summed E-state index contributed by atoms with van der Waals surface area (Å²) in [5, 5.41) is 5.91. The normalized spacial score (nSPS) is 20.6. The van der Waals surface area contributed by atoms with Crippen molar-refractivity contribution in [1.82, 2.24) is 10.2 Å². The summed E-state index contributed by atoms with van der Waals surface area (Å²) in [7, 11) is 0. The summed E-state index contributed by atoms with van der Waals surface area (Å²) in [5.41, 5.74) is 2.62. The third-order valence-electron chi connectivity index (χ3n) is 6.84. The molecule has 6 heteroatoms. The summed E-state index contributed by atoms with van der Waals surface area (Å²) in [6, 6.07) is 19.3. The van der Waals surface area contributed by atoms with Gasteiger partial charge in [-0.15, -0.1) is 11.3 Å². The summed E-state index contributed by atoms with van der Waals surface area (Å²) >= 11 is 7.61. The zero-order valence-corrected chi connectivity index (χ0v) is 19.9. The van der Waals surface area contributed by atoms with Crippen LogP contribution in [0.3, 0.4) is 0 Å². The SMILES string of the molecule is O=C(NCCc1ccc(Cl)cc1)[C@@H]1c2ccccc2C(=O)N(C2CCCC2)[C@@H]1c1cccs1. The summed E-state index contributed by atoms with van der Waals surface area (Å²) in [4.78, 5) is 30.5. The number of nitrogens with one attached hydrogen (secondary N) is 1. The second-order valence-electron chi connectivity index (χ2n) is 8.84. The van der Waals surface area contributed by atoms with Gasteiger partial charge in [0.2, 0.25) is 5.91 Å². The molecule has 1 aliphatic heterocycles. The van der Waals surface area contributed by atoms with Gasteiger partial charge in [-0.1, -0.05) is 60.8 Å². The van der Waals surface area contributed by atoms with Crippen LogP contribution in [0.25, 0.3) is 0 Å². The van der Waals surface area contributed by atoms with Crippen molar-refractivity contribution >= 4 is 34.8 Å². The highest BCUT2D eigenvalue weighted by Crippen LogP contribution is 2.47. The van der Waals surface area contributed by atoms with Gasteiger partial charge in [0.05, 0.1) is 12.0 Å². The Kier molecular flexibility index (Phi) is 6.52. The molecule has 1 N–H and O–H groups in total. The van der Waals surface area contributed by atoms with Gasteiger partial charge < -0.3 is 10.2 Å². The predicted molar refractivity (Wildman–Crippen MR) is 133 cm³/mol. The van der Waals surface area contributed by atoms with Crippen molar-refractivity contribution in [3.8, 4) is 0 Å². The minimum Gasteiger partial charge on any atom is -0.355 e. The molecule has 0 bridgehead atoms. The monoisotopic (exact) mass is 478 g/mol. The van der Waals surface area contributed by atoms with Crippen LogP contribution in [0.1, 0.15) is 64.0 Å². The van der Waals surface area contributed by atoms with Gasteiger partial charge in [0.25, 0.3) is 5.91 Å². The van der Waals surface area contributed by atoms with Gasteiger partial charge in [-0.05, 0) is 60.0 Å². The minimum absolute atomic E-state index is 0.0229. The van der Waals surface area contributed by atoms with Crippen LogP contribution < -0.4 is 5.32 Å². The van der Waals surface area contributed by atoms with Crippen LogP contribution >= 0.6 is 22.9 Å². The maximum atomic E-state index is 13.7. The molecule has 1 aromatic heterocycles. The van der Waals surface area contributed by atoms with Crippen molar-refractivity contribution in [3.63, 3.8) is 0 Å². The Morgan fingerprint density at radius 2 is 1.79 bits per heavy atom. The first kappa shape index (κ1) is 22.2. The lowest BCUT2D eigenvalue weighted by molar-refractivity contribution is -0.124. The summed E-state index contributed by atoms with van der Waals surface area (Å²) < 4.78 is 0. The molecule has 2 amide bonds. The number of halogens is 1. The number of hydrogen-bond acceptors (Lipinski definition) is 3. The molecule has 0 spiro atoms. The molecule has 2 heterocycles. The molecule has 1 aliphatic carbocycles. The molecule has 2 atom stereocenters. The van der Waals surface area contributed by atoms with E-state index in [0.29, 0.717) is 17.1 Å². The Balaban J connectivity index is 1.46. The topological polar surface area (TPSA) is 49.4 Å². The number of fused-ring (bicyclic) bond motifs is 1. The largest absolute Gasteiger partial charge is 0.355 e. The van der Waals surface area contributed by atoms with Crippen LogP contribution in [0.15, 0.2) is 66.0 Å². The van der Waals surface area contributed by atoms with Gasteiger partial charge in [-0.2, -0.15) is 0 Å². The van der Waals surface area contributed by atoms with E-state index >= 15 is 0 Å². The van der Waals surface area contributed by atoms with E-state index in [4.69, 9.17) is 11.6 Å². The molecule has 2 aliphatic rings. The first-order valence-corrected chi connectivity index (χ1v) is 12.9. The molecule has 1 fully saturated rings. The number of carbonyl (C=O) groups is 2. The standard InChI is InChI=1S/C27H27ClN2O2S/c28-19-13-11-18(12-14-19)15-16-29-26(31)24-21-8-3-4-9-22(21)27(32)30(20-6-1-2-7-20)25(24)23-10-5-17-33-23/h3-5,8-14,17,20,24-25H,1-2,6-7,15-16H2,(H,29,31)/t24-,25-/m1/s1. The number of carbonyl (C=O) groups excluding carboxylic acids is 2. The van der Waals surface area contributed by atoms with Crippen LogP contribution in [0.2, 0.25) is 5.02 Å². The van der Waals surface area contributed by atoms with Gasteiger partial charge in [0.15, 0.2) is 0 Å². The summed E-state index contributed by atoms with van der Waals surface area (Å²) in [6.07, 6.45) is 4.99. The molecular weight excluding hydrogens is 452 g/mol. The third kappa shape index (κ3) is 4.44. The van der Waals surface area contributed by atoms with E-state index in [0.717, 1.165) is 48.1 Å². The van der Waals surface area contributed by atoms with E-state index in [1.807, 2.05) is 64.9 Å². The van der Waals surface area contributed by atoms with Crippen LogP contribution in [0, 0.1) is 0 Å². The molecule has 0 radical (unpaired) electrons. The van der Waals surface area contributed by atoms with E-state index in [2.05, 4.69) is 11.4 Å². The molecule has 33 heavy (non-hydrogen) atoms. The molecule has 5 rings (SSSR count). The van der Waals surface area contributed by atoms with Crippen molar-refractivity contribution in [2.75, 3.05) is 6.54 Å². The average molecular weight is 479 g/mol. The lowest BCUT2D eigenvalue weighted by atomic mass is 9.80. The number of benzene rings is 2. The summed E-state index contributed by atoms with van der Waals surface area (Å²) in [6.45, 7) is 0.535. The van der Waals surface area contributed by atoms with E-state index in [1.54, 1.807) is 11.3 Å². The van der Waals surface area contributed by atoms with Gasteiger partial charge in [0.1, 0.15) is 0 Å². The van der Waals surface area contributed by atoms with Gasteiger partial charge in [-0.25, -0.2) is 0 Å². The Labute approximate surface area is 203 Å². The highest BCUT2D eigenvalue weighted by Gasteiger charge is 2.47. The highest BCUT2D eigenvalue weighted by molar-refractivity contribution is 7.10. The maximum Gasteiger partial charge on any atom is 0.254 e. The number of hydrogen-bond donors (Lipinski definition) is 1. The second-order valence-corrected chi connectivity index (χ2v) is 10.3. The number of nitrogens with zero attached hydrogens (tertiary/aromatic N) is 1. The molecule has 1 saturated carbocycles. The van der Waals surface area contributed by atoms with E-state index in [1.165, 1.54) is 0 Å². The third-order valence-corrected chi connectivity index (χ3v) is 8.03. The first-order chi connectivity index (χ1) is 16.1. The summed E-state index contributed by atoms with van der Waals surface area (Å²) in [5.74, 6) is -0.394. The Morgan fingerprint density at radius 1 is 1.03 bits per heavy atom. The molecule has 3 aromatic rings. The molecular formula is C27H27ClN2O2S. The lowest BCUT2D eigenvalue weighted by Gasteiger charge is -2.44. The van der Waals surface area contributed by atoms with E-state index < -0.39 is 5.92 Å². The fraction of sp³-hybridized carbons (Fsp3) is 0.333. The van der Waals surface area contributed by atoms with Gasteiger partial charge in [-0.3, -0.25) is 9.59 Å². The molecule has 0 saturated heterocycles. The minimum atomic E-state index is -0.427. The highest BCUT2D eigenvalue weighted by atomic mass is 35.5. The quantitative estimate of drug-likeness (QED) is 0.473. The van der Waals surface area contributed by atoms with Crippen LogP contribution in [-0.4, -0.2) is 29.3 Å². The van der Waals surface area contributed by atoms with Crippen molar-refractivity contribution in [1.29, 1.82) is 0 Å². The van der Waals surface area contributed by atoms with Crippen molar-refractivity contribution < 1.29 is 9.59 Å². The van der Waals surface area contributed by atoms with Gasteiger partial charge in [0, 0.05) is 28.0 Å².